The molecule has 0 unspecified atom stereocenters. The summed E-state index contributed by atoms with van der Waals surface area (Å²) in [4.78, 5) is 0. The van der Waals surface area contributed by atoms with Crippen molar-refractivity contribution in [2.24, 2.45) is 0 Å². The summed E-state index contributed by atoms with van der Waals surface area (Å²) < 4.78 is 0. The zero-order valence-corrected chi connectivity index (χ0v) is 12.0. The first-order valence-corrected chi connectivity index (χ1v) is 11.6. The SMILES string of the molecule is [Br][Rh]([Br])[Br].[K]. The molecule has 0 saturated heterocycles. The van der Waals surface area contributed by atoms with Gasteiger partial charge < -0.3 is 0 Å². The average molecular weight is 382 g/mol. The minimum absolute atomic E-state index is 0. The quantitative estimate of drug-likeness (QED) is 0.564. The maximum Gasteiger partial charge on any atom is 0 e. The van der Waals surface area contributed by atoms with Crippen LogP contribution in [0.2, 0.25) is 0 Å². The maximum absolute atomic E-state index is 3.23. The van der Waals surface area contributed by atoms with Crippen molar-refractivity contribution in [3.63, 3.8) is 0 Å². The third kappa shape index (κ3) is 18.3. The van der Waals surface area contributed by atoms with Gasteiger partial charge in [-0.15, -0.1) is 0 Å². The number of hydrogen-bond donors (Lipinski definition) is 0. The van der Waals surface area contributed by atoms with E-state index in [2.05, 4.69) is 40.9 Å². The molecule has 0 spiro atoms. The van der Waals surface area contributed by atoms with Gasteiger partial charge in [-0.25, -0.2) is 0 Å². The van der Waals surface area contributed by atoms with Gasteiger partial charge in [-0.2, -0.15) is 0 Å². The molecule has 5 heavy (non-hydrogen) atoms. The van der Waals surface area contributed by atoms with Crippen LogP contribution < -0.4 is 0 Å². The van der Waals surface area contributed by atoms with Crippen LogP contribution in [0, 0.1) is 0 Å². The smallest absolute Gasteiger partial charge is 0 e. The normalized spacial score (nSPS) is 9.00. The average Bonchev–Trinajstić information content (AvgIpc) is 0.811. The van der Waals surface area contributed by atoms with Gasteiger partial charge in [0.2, 0.25) is 0 Å². The van der Waals surface area contributed by atoms with Crippen LogP contribution in [0.1, 0.15) is 0 Å². The molecule has 31 valence electrons. The second-order valence-electron chi connectivity index (χ2n) is 0.143. The van der Waals surface area contributed by atoms with Gasteiger partial charge in [0.1, 0.15) is 0 Å². The van der Waals surface area contributed by atoms with E-state index in [4.69, 9.17) is 0 Å². The van der Waals surface area contributed by atoms with E-state index in [1.54, 1.807) is 0 Å². The first-order valence-electron chi connectivity index (χ1n) is 0.378. The molecule has 0 aliphatic rings. The molecule has 0 saturated carbocycles. The number of hydrogen-bond acceptors (Lipinski definition) is 0. The van der Waals surface area contributed by atoms with E-state index >= 15 is 0 Å². The van der Waals surface area contributed by atoms with Crippen molar-refractivity contribution in [3.8, 4) is 0 Å². The topological polar surface area (TPSA) is 0 Å². The fourth-order valence-electron chi connectivity index (χ4n) is 0. The molecule has 0 aliphatic carbocycles. The van der Waals surface area contributed by atoms with E-state index in [9.17, 15) is 0 Å². The molecular weight excluding hydrogens is 382 g/mol. The Labute approximate surface area is 99.2 Å². The van der Waals surface area contributed by atoms with Gasteiger partial charge in [-0.05, 0) is 0 Å². The van der Waals surface area contributed by atoms with Crippen molar-refractivity contribution in [1.82, 2.24) is 0 Å². The molecular formula is Br3KRh. The van der Waals surface area contributed by atoms with E-state index in [0.29, 0.717) is 0 Å². The second-order valence-corrected chi connectivity index (χ2v) is 22.8. The van der Waals surface area contributed by atoms with Crippen molar-refractivity contribution in [2.45, 2.75) is 0 Å². The predicted molar refractivity (Wildman–Crippen MR) is 32.5 cm³/mol. The molecule has 0 heterocycles. The molecule has 0 amide bonds. The van der Waals surface area contributed by atoms with Crippen molar-refractivity contribution >= 4 is 92.3 Å². The van der Waals surface area contributed by atoms with Crippen LogP contribution in [-0.4, -0.2) is 51.4 Å². The van der Waals surface area contributed by atoms with E-state index in [1.165, 1.54) is 0 Å². The Hall–Kier alpha value is 3.70. The van der Waals surface area contributed by atoms with E-state index in [0.717, 1.165) is 0 Å². The summed E-state index contributed by atoms with van der Waals surface area (Å²) in [6.07, 6.45) is 0. The molecule has 0 aromatic carbocycles. The molecule has 1 radical (unpaired) electrons. The van der Waals surface area contributed by atoms with Crippen LogP contribution in [0.3, 0.4) is 0 Å². The maximum atomic E-state index is 3.23. The molecule has 0 rings (SSSR count). The van der Waals surface area contributed by atoms with Crippen LogP contribution in [0.25, 0.3) is 0 Å². The van der Waals surface area contributed by atoms with Crippen molar-refractivity contribution < 1.29 is 10.1 Å². The third-order valence-electron chi connectivity index (χ3n) is 0. The van der Waals surface area contributed by atoms with Crippen LogP contribution in [0.15, 0.2) is 0 Å². The molecule has 5 heteroatoms. The van der Waals surface area contributed by atoms with Crippen LogP contribution in [0.5, 0.6) is 0 Å². The van der Waals surface area contributed by atoms with E-state index in [1.807, 2.05) is 0 Å². The number of rotatable bonds is 0. The Morgan fingerprint density at radius 2 is 1.00 bits per heavy atom. The summed E-state index contributed by atoms with van der Waals surface area (Å²) in [5.74, 6) is 0. The molecule has 0 atom stereocenters. The van der Waals surface area contributed by atoms with Crippen molar-refractivity contribution in [2.75, 3.05) is 0 Å². The summed E-state index contributed by atoms with van der Waals surface area (Å²) in [5.41, 5.74) is 0. The largest absolute Gasteiger partial charge is 0 e. The second kappa shape index (κ2) is 7.70. The number of halogens is 3. The molecule has 0 aromatic heterocycles. The standard InChI is InChI=1S/3BrH.K.Rh/h3*1H;;/q;;;;+3/p-3. The Morgan fingerprint density at radius 3 is 1.00 bits per heavy atom. The molecule has 0 aliphatic heterocycles. The van der Waals surface area contributed by atoms with Gasteiger partial charge in [-0.3, -0.25) is 0 Å². The third-order valence-corrected chi connectivity index (χ3v) is 0. The van der Waals surface area contributed by atoms with Crippen molar-refractivity contribution in [3.05, 3.63) is 0 Å². The van der Waals surface area contributed by atoms with E-state index in [-0.39, 0.29) is 51.4 Å². The van der Waals surface area contributed by atoms with Crippen LogP contribution >= 0.6 is 40.9 Å². The fourth-order valence-corrected chi connectivity index (χ4v) is 0. The van der Waals surface area contributed by atoms with Crippen molar-refractivity contribution in [1.29, 1.82) is 0 Å². The van der Waals surface area contributed by atoms with Gasteiger partial charge in [-0.1, -0.05) is 0 Å². The minimum atomic E-state index is -0.639. The predicted octanol–water partition coefficient (Wildman–Crippen LogP) is 2.15. The summed E-state index contributed by atoms with van der Waals surface area (Å²) in [6, 6.07) is 0. The van der Waals surface area contributed by atoms with Crippen LogP contribution in [0.4, 0.5) is 0 Å². The van der Waals surface area contributed by atoms with Gasteiger partial charge in [0.25, 0.3) is 0 Å². The summed E-state index contributed by atoms with van der Waals surface area (Å²) in [5, 5.41) is 0. The first kappa shape index (κ1) is 11.5. The molecule has 0 fully saturated rings. The van der Waals surface area contributed by atoms with Gasteiger partial charge >= 0.3 is 50.9 Å². The first-order chi connectivity index (χ1) is 1.73. The summed E-state index contributed by atoms with van der Waals surface area (Å²) in [6.45, 7) is 0. The molecule has 0 N–H and O–H groups in total. The summed E-state index contributed by atoms with van der Waals surface area (Å²) >= 11 is 9.70. The zero-order valence-electron chi connectivity index (χ0n) is 2.47. The minimum Gasteiger partial charge on any atom is 0 e. The van der Waals surface area contributed by atoms with Gasteiger partial charge in [0.05, 0.1) is 0 Å². The molecule has 0 aromatic rings. The zero-order chi connectivity index (χ0) is 3.58. The Balaban J connectivity index is 0. The van der Waals surface area contributed by atoms with E-state index < -0.39 is 10.1 Å². The summed E-state index contributed by atoms with van der Waals surface area (Å²) in [7, 11) is -0.639. The van der Waals surface area contributed by atoms with Gasteiger partial charge in [0, 0.05) is 51.4 Å². The Kier molecular flexibility index (Phi) is 17.7. The van der Waals surface area contributed by atoms with Crippen LogP contribution in [-0.2, 0) is 10.1 Å². The Bertz CT molecular complexity index is 11.6. The monoisotopic (exact) mass is 379 g/mol. The molecule has 0 bridgehead atoms. The fraction of sp³-hybridized carbons (Fsp3) is 0. The Morgan fingerprint density at radius 1 is 1.00 bits per heavy atom. The van der Waals surface area contributed by atoms with Gasteiger partial charge in [0.15, 0.2) is 0 Å². The molecule has 0 nitrogen and oxygen atoms in total.